The minimum Gasteiger partial charge on any atom is -0.481 e. The lowest BCUT2D eigenvalue weighted by atomic mass is 9.33. The van der Waals surface area contributed by atoms with E-state index >= 15 is 0 Å². The van der Waals surface area contributed by atoms with Gasteiger partial charge in [0, 0.05) is 29.2 Å². The van der Waals surface area contributed by atoms with Gasteiger partial charge in [-0.3, -0.25) is 9.59 Å². The number of carboxylic acid groups (broad SMARTS) is 1. The molecule has 78 heavy (non-hydrogen) atoms. The fourth-order valence-electron chi connectivity index (χ4n) is 16.2. The second kappa shape index (κ2) is 22.4. The van der Waals surface area contributed by atoms with Crippen molar-refractivity contribution in [3.8, 4) is 0 Å². The molecule has 0 unspecified atom stereocenters. The number of aliphatic hydroxyl groups excluding tert-OH is 11. The molecule has 7 fully saturated rings. The third-order valence-corrected chi connectivity index (χ3v) is 21.0. The van der Waals surface area contributed by atoms with Crippen LogP contribution < -0.4 is 0 Å². The van der Waals surface area contributed by atoms with E-state index in [1.165, 1.54) is 6.92 Å². The molecule has 4 saturated carbocycles. The van der Waals surface area contributed by atoms with E-state index in [-0.39, 0.29) is 24.9 Å². The zero-order valence-corrected chi connectivity index (χ0v) is 46.1. The summed E-state index contributed by atoms with van der Waals surface area (Å²) in [6, 6.07) is 0. The molecule has 3 saturated heterocycles. The summed E-state index contributed by atoms with van der Waals surface area (Å²) in [6.45, 7) is 14.2. The van der Waals surface area contributed by atoms with Crippen molar-refractivity contribution in [3.05, 3.63) is 23.3 Å². The molecule has 0 spiro atoms. The molecule has 12 N–H and O–H groups in total. The SMILES string of the molecule is C/C=C(/C)C(=O)O[C@H]1[C@H](OC(C)=O)[C@]2(C(=O)O)CC[C@]3(C)C(=CC[C@@H]4[C@@]5(C)CC[C@H](O[C@@H]6O[C@H](CO)[C@@H](O[C@@H]7O[C@H](CO)[C@@H](O)[C@H](O)[C@H]7O)[C@H](O)[C@H]6O[C@@H]6O[C@H](CO)[C@H](O)[C@H](O)[C@H]6O)[C@](C)(CO)[C@H]5CC[C@]43C)[C@@H]2CC1(C)C. The highest BCUT2D eigenvalue weighted by Crippen LogP contribution is 2.76. The largest absolute Gasteiger partial charge is 0.481 e. The topological polar surface area (TPSA) is 368 Å². The van der Waals surface area contributed by atoms with Gasteiger partial charge in [-0.15, -0.1) is 0 Å². The molecule has 5 aliphatic carbocycles. The summed E-state index contributed by atoms with van der Waals surface area (Å²) in [7, 11) is 0. The predicted molar refractivity (Wildman–Crippen MR) is 268 cm³/mol. The van der Waals surface area contributed by atoms with Crippen LogP contribution >= 0.6 is 0 Å². The number of esters is 2. The van der Waals surface area contributed by atoms with Crippen LogP contribution in [0.4, 0.5) is 0 Å². The maximum absolute atomic E-state index is 14.0. The molecule has 23 nitrogen and oxygen atoms in total. The van der Waals surface area contributed by atoms with Gasteiger partial charge in [-0.2, -0.15) is 0 Å². The van der Waals surface area contributed by atoms with Crippen LogP contribution in [0, 0.1) is 50.2 Å². The van der Waals surface area contributed by atoms with E-state index in [1.807, 2.05) is 20.8 Å². The van der Waals surface area contributed by atoms with Crippen LogP contribution in [0.25, 0.3) is 0 Å². The Labute approximate surface area is 454 Å². The van der Waals surface area contributed by atoms with Gasteiger partial charge < -0.3 is 99.2 Å². The quantitative estimate of drug-likeness (QED) is 0.0460. The van der Waals surface area contributed by atoms with Gasteiger partial charge in [0.2, 0.25) is 0 Å². The highest BCUT2D eigenvalue weighted by Gasteiger charge is 2.74. The maximum Gasteiger partial charge on any atom is 0.333 e. The van der Waals surface area contributed by atoms with Gasteiger partial charge in [-0.25, -0.2) is 4.79 Å². The van der Waals surface area contributed by atoms with Crippen molar-refractivity contribution < 1.29 is 114 Å². The smallest absolute Gasteiger partial charge is 0.333 e. The van der Waals surface area contributed by atoms with Gasteiger partial charge in [0.05, 0.1) is 32.5 Å². The maximum atomic E-state index is 14.0. The number of hydrogen-bond donors (Lipinski definition) is 12. The third kappa shape index (κ3) is 9.72. The fraction of sp³-hybridized carbons (Fsp3) is 0.873. The van der Waals surface area contributed by atoms with Crippen LogP contribution in [0.15, 0.2) is 23.3 Å². The number of carbonyl (C=O) groups excluding carboxylic acids is 2. The monoisotopic (exact) mass is 1110 g/mol. The Morgan fingerprint density at radius 2 is 1.21 bits per heavy atom. The summed E-state index contributed by atoms with van der Waals surface area (Å²) in [5, 5.41) is 130. The number of aliphatic carboxylic acids is 1. The first-order valence-electron chi connectivity index (χ1n) is 27.6. The highest BCUT2D eigenvalue weighted by atomic mass is 16.8. The molecule has 0 amide bonds. The molecule has 3 heterocycles. The molecule has 26 atom stereocenters. The van der Waals surface area contributed by atoms with Gasteiger partial charge in [-0.1, -0.05) is 59.3 Å². The second-order valence-electron chi connectivity index (χ2n) is 25.4. The van der Waals surface area contributed by atoms with E-state index in [9.17, 15) is 75.7 Å². The molecule has 0 aromatic rings. The normalized spacial score (nSPS) is 50.2. The van der Waals surface area contributed by atoms with Gasteiger partial charge in [0.15, 0.2) is 25.0 Å². The summed E-state index contributed by atoms with van der Waals surface area (Å²) >= 11 is 0. The first-order chi connectivity index (χ1) is 36.5. The molecule has 3 aliphatic heterocycles. The van der Waals surface area contributed by atoms with Crippen LogP contribution in [0.3, 0.4) is 0 Å². The Morgan fingerprint density at radius 3 is 1.73 bits per heavy atom. The van der Waals surface area contributed by atoms with Crippen LogP contribution in [0.1, 0.15) is 114 Å². The van der Waals surface area contributed by atoms with E-state index in [4.69, 9.17) is 37.9 Å². The van der Waals surface area contributed by atoms with Crippen molar-refractivity contribution in [3.63, 3.8) is 0 Å². The van der Waals surface area contributed by atoms with Crippen molar-refractivity contribution in [2.24, 2.45) is 50.2 Å². The summed E-state index contributed by atoms with van der Waals surface area (Å²) < 4.78 is 48.8. The number of carbonyl (C=O) groups is 3. The molecule has 8 rings (SSSR count). The Balaban J connectivity index is 1.10. The second-order valence-corrected chi connectivity index (χ2v) is 25.4. The standard InChI is InChI=1S/C55H86O23/c1-10-24(2)45(68)78-43-44(71-25(3)60)55(49(69)70)18-17-53(8)26(27(55)19-50(43,4)5)11-12-32-51(6)15-14-33(52(7,23-59)31(51)13-16-54(32,53)9)75-48-42(77-47-39(66)37(64)35(62)29(21-57)73-47)40(67)41(30(22-58)74-48)76-46-38(65)36(63)34(61)28(20-56)72-46/h10-11,27-44,46-48,56-59,61-67H,12-23H2,1-9H3,(H,69,70)/b24-10-/t27-,28+,29+,30+,31-,32+,33-,34+,35-,36-,37-,38+,39+,40-,41+,42+,43-,44-,46-,47-,48-,51-,52+,53+,54+,55-/m0/s1. The lowest BCUT2D eigenvalue weighted by Gasteiger charge is -2.71. The van der Waals surface area contributed by atoms with Crippen molar-refractivity contribution in [1.82, 2.24) is 0 Å². The Kier molecular flexibility index (Phi) is 17.6. The van der Waals surface area contributed by atoms with E-state index < -0.39 is 187 Å². The van der Waals surface area contributed by atoms with Gasteiger partial charge in [-0.05, 0) is 93.3 Å². The molecule has 8 aliphatic rings. The average molecular weight is 1120 g/mol. The van der Waals surface area contributed by atoms with E-state index in [2.05, 4.69) is 26.8 Å². The van der Waals surface area contributed by atoms with Crippen molar-refractivity contribution in [2.75, 3.05) is 26.4 Å². The molecule has 0 aromatic heterocycles. The molecular formula is C55H86O23. The Morgan fingerprint density at radius 1 is 0.641 bits per heavy atom. The predicted octanol–water partition coefficient (Wildman–Crippen LogP) is -0.292. The zero-order chi connectivity index (χ0) is 57.6. The lowest BCUT2D eigenvalue weighted by Crippen LogP contribution is -2.70. The summed E-state index contributed by atoms with van der Waals surface area (Å²) in [5.41, 5.74) is -3.59. The minimum absolute atomic E-state index is 0.00542. The Hall–Kier alpha value is -2.79. The zero-order valence-electron chi connectivity index (χ0n) is 46.1. The molecule has 0 bridgehead atoms. The number of ether oxygens (including phenoxy) is 8. The first kappa shape index (κ1) is 61.3. The van der Waals surface area contributed by atoms with E-state index in [0.29, 0.717) is 50.5 Å². The summed E-state index contributed by atoms with van der Waals surface area (Å²) in [6.07, 6.45) is -22.0. The number of allylic oxidation sites excluding steroid dienone is 3. The fourth-order valence-corrected chi connectivity index (χ4v) is 16.2. The van der Waals surface area contributed by atoms with Crippen molar-refractivity contribution in [2.45, 2.75) is 224 Å². The molecule has 0 radical (unpaired) electrons. The number of carboxylic acids is 1. The van der Waals surface area contributed by atoms with Crippen LogP contribution in [-0.2, 0) is 52.3 Å². The number of aliphatic hydroxyl groups is 11. The van der Waals surface area contributed by atoms with Gasteiger partial charge in [0.1, 0.15) is 84.8 Å². The van der Waals surface area contributed by atoms with Crippen molar-refractivity contribution >= 4 is 17.9 Å². The average Bonchev–Trinajstić information content (AvgIpc) is 3.52. The molecule has 0 aromatic carbocycles. The summed E-state index contributed by atoms with van der Waals surface area (Å²) in [5.74, 6) is -3.24. The van der Waals surface area contributed by atoms with Crippen molar-refractivity contribution in [1.29, 1.82) is 0 Å². The number of hydrogen-bond acceptors (Lipinski definition) is 22. The first-order valence-corrected chi connectivity index (χ1v) is 27.6. The van der Waals surface area contributed by atoms with Crippen LogP contribution in [0.5, 0.6) is 0 Å². The van der Waals surface area contributed by atoms with Gasteiger partial charge in [0.25, 0.3) is 0 Å². The van der Waals surface area contributed by atoms with E-state index in [1.54, 1.807) is 19.9 Å². The highest BCUT2D eigenvalue weighted by molar-refractivity contribution is 5.88. The third-order valence-electron chi connectivity index (χ3n) is 21.0. The minimum atomic E-state index is -1.96. The lowest BCUT2D eigenvalue weighted by molar-refractivity contribution is -0.396. The molecule has 23 heteroatoms. The number of rotatable bonds is 14. The molecule has 444 valence electrons. The summed E-state index contributed by atoms with van der Waals surface area (Å²) in [4.78, 5) is 40.4. The number of fused-ring (bicyclic) bond motifs is 7. The van der Waals surface area contributed by atoms with E-state index in [0.717, 1.165) is 5.57 Å². The molecular weight excluding hydrogens is 1030 g/mol. The Bertz CT molecular complexity index is 2260. The van der Waals surface area contributed by atoms with Crippen LogP contribution in [-0.4, -0.2) is 216 Å². The van der Waals surface area contributed by atoms with Gasteiger partial charge >= 0.3 is 17.9 Å². The van der Waals surface area contributed by atoms with Crippen LogP contribution in [0.2, 0.25) is 0 Å².